The molecule has 1 N–H and O–H groups in total. The Hall–Kier alpha value is -3.96. The number of nitrogens with one attached hydrogen (secondary N) is 1. The number of halogens is 1. The van der Waals surface area contributed by atoms with Crippen molar-refractivity contribution in [1.29, 1.82) is 0 Å². The highest BCUT2D eigenvalue weighted by atomic mass is 32.2. The van der Waals surface area contributed by atoms with Crippen LogP contribution in [0.3, 0.4) is 0 Å². The zero-order valence-corrected chi connectivity index (χ0v) is 24.1. The maximum absolute atomic E-state index is 13.6. The predicted molar refractivity (Wildman–Crippen MR) is 149 cm³/mol. The molecule has 1 fully saturated rings. The van der Waals surface area contributed by atoms with Crippen molar-refractivity contribution in [2.24, 2.45) is 0 Å². The number of hydrogen-bond donors (Lipinski definition) is 1. The number of sulfonamides is 1. The van der Waals surface area contributed by atoms with Gasteiger partial charge in [-0.05, 0) is 68.3 Å². The van der Waals surface area contributed by atoms with E-state index in [2.05, 4.69) is 5.32 Å². The third-order valence-electron chi connectivity index (χ3n) is 6.44. The van der Waals surface area contributed by atoms with Crippen LogP contribution in [0.15, 0.2) is 83.8 Å². The fourth-order valence-electron chi connectivity index (χ4n) is 4.47. The van der Waals surface area contributed by atoms with Crippen LogP contribution in [-0.2, 0) is 36.3 Å². The molecule has 9 nitrogen and oxygen atoms in total. The molecule has 0 saturated carbocycles. The summed E-state index contributed by atoms with van der Waals surface area (Å²) in [5.74, 6) is -0.683. The molecule has 0 aliphatic carbocycles. The normalized spacial score (nSPS) is 15.7. The van der Waals surface area contributed by atoms with Crippen molar-refractivity contribution in [2.75, 3.05) is 20.2 Å². The Morgan fingerprint density at radius 2 is 1.66 bits per heavy atom. The van der Waals surface area contributed by atoms with Crippen LogP contribution in [0.25, 0.3) is 0 Å². The van der Waals surface area contributed by atoms with Gasteiger partial charge in [0.05, 0.1) is 25.1 Å². The Labute approximate surface area is 239 Å². The van der Waals surface area contributed by atoms with Gasteiger partial charge in [0, 0.05) is 6.42 Å². The largest absolute Gasteiger partial charge is 0.480 e. The van der Waals surface area contributed by atoms with Crippen LogP contribution < -0.4 is 10.1 Å². The summed E-state index contributed by atoms with van der Waals surface area (Å²) >= 11 is 0. The van der Waals surface area contributed by atoms with Gasteiger partial charge in [0.15, 0.2) is 5.60 Å². The molecular weight excluding hydrogens is 551 g/mol. The van der Waals surface area contributed by atoms with Gasteiger partial charge in [-0.15, -0.1) is 0 Å². The van der Waals surface area contributed by atoms with E-state index in [1.807, 2.05) is 30.3 Å². The van der Waals surface area contributed by atoms with Gasteiger partial charge in [-0.2, -0.15) is 4.31 Å². The van der Waals surface area contributed by atoms with Gasteiger partial charge in [-0.1, -0.05) is 42.5 Å². The van der Waals surface area contributed by atoms with Gasteiger partial charge in [-0.25, -0.2) is 22.4 Å². The SMILES string of the molecule is COC(=O)[C@H](Cc1cccc(S(=O)(=O)N2CC(Oc3ccc(F)cc3)(c3ccccc3)C2)c1)NC(=O)OC(C)(C)C. The summed E-state index contributed by atoms with van der Waals surface area (Å²) in [6.07, 6.45) is -0.813. The van der Waals surface area contributed by atoms with Gasteiger partial charge in [-0.3, -0.25) is 0 Å². The Morgan fingerprint density at radius 1 is 1.00 bits per heavy atom. The van der Waals surface area contributed by atoms with Crippen LogP contribution in [0.5, 0.6) is 5.75 Å². The maximum Gasteiger partial charge on any atom is 0.408 e. The highest BCUT2D eigenvalue weighted by Gasteiger charge is 2.52. The first-order chi connectivity index (χ1) is 19.3. The average molecular weight is 585 g/mol. The Bertz CT molecular complexity index is 1480. The highest BCUT2D eigenvalue weighted by molar-refractivity contribution is 7.89. The molecule has 0 radical (unpaired) electrons. The van der Waals surface area contributed by atoms with Crippen LogP contribution in [0, 0.1) is 5.82 Å². The van der Waals surface area contributed by atoms with Gasteiger partial charge in [0.1, 0.15) is 23.2 Å². The molecule has 1 aliphatic rings. The second-order valence-electron chi connectivity index (χ2n) is 10.8. The monoisotopic (exact) mass is 584 g/mol. The van der Waals surface area contributed by atoms with Crippen molar-refractivity contribution in [3.8, 4) is 5.75 Å². The van der Waals surface area contributed by atoms with E-state index >= 15 is 0 Å². The third-order valence-corrected chi connectivity index (χ3v) is 8.23. The zero-order valence-electron chi connectivity index (χ0n) is 23.3. The molecule has 4 rings (SSSR count). The van der Waals surface area contributed by atoms with Crippen molar-refractivity contribution in [3.05, 3.63) is 95.8 Å². The van der Waals surface area contributed by atoms with Crippen molar-refractivity contribution >= 4 is 22.1 Å². The van der Waals surface area contributed by atoms with E-state index in [4.69, 9.17) is 14.2 Å². The number of methoxy groups -OCH3 is 1. The smallest absolute Gasteiger partial charge is 0.408 e. The zero-order chi connectivity index (χ0) is 29.8. The highest BCUT2D eigenvalue weighted by Crippen LogP contribution is 2.40. The lowest BCUT2D eigenvalue weighted by Crippen LogP contribution is -2.64. The van der Waals surface area contributed by atoms with Crippen molar-refractivity contribution in [2.45, 2.75) is 49.3 Å². The molecule has 1 aliphatic heterocycles. The van der Waals surface area contributed by atoms with Gasteiger partial charge < -0.3 is 19.5 Å². The molecular formula is C30H33FN2O7S. The summed E-state index contributed by atoms with van der Waals surface area (Å²) in [6.45, 7) is 5.15. The summed E-state index contributed by atoms with van der Waals surface area (Å²) in [6, 6.07) is 19.9. The lowest BCUT2D eigenvalue weighted by Gasteiger charge is -2.48. The first-order valence-electron chi connectivity index (χ1n) is 13.0. The summed E-state index contributed by atoms with van der Waals surface area (Å²) in [4.78, 5) is 24.7. The number of nitrogens with zero attached hydrogens (tertiary/aromatic N) is 1. The van der Waals surface area contributed by atoms with E-state index in [1.165, 1.54) is 47.8 Å². The predicted octanol–water partition coefficient (Wildman–Crippen LogP) is 4.41. The van der Waals surface area contributed by atoms with E-state index in [0.717, 1.165) is 5.56 Å². The molecule has 1 saturated heterocycles. The molecule has 0 aromatic heterocycles. The number of alkyl carbamates (subject to hydrolysis) is 1. The third kappa shape index (κ3) is 7.22. The molecule has 1 heterocycles. The van der Waals surface area contributed by atoms with Crippen LogP contribution in [0.4, 0.5) is 9.18 Å². The van der Waals surface area contributed by atoms with Crippen LogP contribution in [0.1, 0.15) is 31.9 Å². The van der Waals surface area contributed by atoms with E-state index in [-0.39, 0.29) is 24.4 Å². The number of hydrogen-bond acceptors (Lipinski definition) is 7. The minimum absolute atomic E-state index is 0.0170. The number of amides is 1. The van der Waals surface area contributed by atoms with Gasteiger partial charge >= 0.3 is 12.1 Å². The minimum atomic E-state index is -3.95. The molecule has 0 spiro atoms. The summed E-state index contributed by atoms with van der Waals surface area (Å²) in [5, 5.41) is 2.50. The molecule has 3 aromatic carbocycles. The molecule has 11 heteroatoms. The second kappa shape index (κ2) is 11.9. The van der Waals surface area contributed by atoms with E-state index in [0.29, 0.717) is 11.3 Å². The van der Waals surface area contributed by atoms with E-state index in [9.17, 15) is 22.4 Å². The van der Waals surface area contributed by atoms with Crippen molar-refractivity contribution in [3.63, 3.8) is 0 Å². The van der Waals surface area contributed by atoms with Gasteiger partial charge in [0.25, 0.3) is 0 Å². The van der Waals surface area contributed by atoms with Crippen LogP contribution in [0.2, 0.25) is 0 Å². The standard InChI is InChI=1S/C30H33FN2O7S/c1-29(2,3)40-28(35)32-26(27(34)38-4)18-21-9-8-12-25(17-21)41(36,37)33-19-30(20-33,22-10-6-5-7-11-22)39-24-15-13-23(31)14-16-24/h5-17,26H,18-20H2,1-4H3,(H,32,35)/t26-/m0/s1. The Morgan fingerprint density at radius 3 is 2.27 bits per heavy atom. The van der Waals surface area contributed by atoms with Crippen molar-refractivity contribution in [1.82, 2.24) is 9.62 Å². The first-order valence-corrected chi connectivity index (χ1v) is 14.4. The topological polar surface area (TPSA) is 111 Å². The number of rotatable bonds is 9. The fraction of sp³-hybridized carbons (Fsp3) is 0.333. The molecule has 1 amide bonds. The van der Waals surface area contributed by atoms with Crippen molar-refractivity contribution < 1.29 is 36.6 Å². The molecule has 1 atom stereocenters. The van der Waals surface area contributed by atoms with Crippen LogP contribution >= 0.6 is 0 Å². The number of carbonyl (C=O) groups excluding carboxylic acids is 2. The van der Waals surface area contributed by atoms with Crippen LogP contribution in [-0.4, -0.2) is 56.6 Å². The number of ether oxygens (including phenoxy) is 3. The average Bonchev–Trinajstić information content (AvgIpc) is 2.90. The van der Waals surface area contributed by atoms with E-state index < -0.39 is 45.1 Å². The number of carbonyl (C=O) groups is 2. The molecule has 3 aromatic rings. The molecule has 0 bridgehead atoms. The summed E-state index contributed by atoms with van der Waals surface area (Å²) < 4.78 is 58.3. The molecule has 0 unspecified atom stereocenters. The quantitative estimate of drug-likeness (QED) is 0.371. The lowest BCUT2D eigenvalue weighted by molar-refractivity contribution is -0.143. The minimum Gasteiger partial charge on any atom is -0.480 e. The summed E-state index contributed by atoms with van der Waals surface area (Å²) in [5.41, 5.74) is -0.448. The Balaban J connectivity index is 1.53. The fourth-order valence-corrected chi connectivity index (χ4v) is 6.08. The van der Waals surface area contributed by atoms with Gasteiger partial charge in [0.2, 0.25) is 10.0 Å². The Kier molecular flexibility index (Phi) is 8.69. The maximum atomic E-state index is 13.6. The molecule has 218 valence electrons. The molecule has 41 heavy (non-hydrogen) atoms. The second-order valence-corrected chi connectivity index (χ2v) is 12.7. The first kappa shape index (κ1) is 30.0. The lowest BCUT2D eigenvalue weighted by atomic mass is 9.87. The van der Waals surface area contributed by atoms with E-state index in [1.54, 1.807) is 32.9 Å². The summed E-state index contributed by atoms with van der Waals surface area (Å²) in [7, 11) is -2.75. The number of esters is 1. The number of benzene rings is 3.